The van der Waals surface area contributed by atoms with Crippen molar-refractivity contribution in [2.45, 2.75) is 19.7 Å². The Labute approximate surface area is 149 Å². The van der Waals surface area contributed by atoms with E-state index in [0.29, 0.717) is 17.3 Å². The third-order valence-corrected chi connectivity index (χ3v) is 3.31. The molecule has 0 aliphatic heterocycles. The molecule has 140 valence electrons. The minimum absolute atomic E-state index is 0.00440. The Morgan fingerprint density at radius 3 is 2.65 bits per heavy atom. The number of halogens is 2. The Morgan fingerprint density at radius 1 is 1.15 bits per heavy atom. The fraction of sp³-hybridized carbons (Fsp3) is 0.294. The van der Waals surface area contributed by atoms with Gasteiger partial charge in [0, 0.05) is 19.2 Å². The van der Waals surface area contributed by atoms with Gasteiger partial charge in [-0.2, -0.15) is 8.78 Å². The predicted octanol–water partition coefficient (Wildman–Crippen LogP) is 1.86. The third kappa shape index (κ3) is 6.42. The highest BCUT2D eigenvalue weighted by atomic mass is 19.3. The van der Waals surface area contributed by atoms with E-state index in [1.807, 2.05) is 0 Å². The average molecular weight is 366 g/mol. The van der Waals surface area contributed by atoms with Crippen LogP contribution in [-0.2, 0) is 17.9 Å². The van der Waals surface area contributed by atoms with E-state index in [1.54, 1.807) is 30.3 Å². The van der Waals surface area contributed by atoms with Crippen LogP contribution >= 0.6 is 0 Å². The van der Waals surface area contributed by atoms with Crippen molar-refractivity contribution in [3.63, 3.8) is 0 Å². The van der Waals surface area contributed by atoms with E-state index in [1.165, 1.54) is 19.4 Å². The molecule has 1 amide bonds. The monoisotopic (exact) mass is 366 g/mol. The molecule has 1 aromatic carbocycles. The first-order valence-corrected chi connectivity index (χ1v) is 7.85. The number of hydrogen-bond acceptors (Lipinski definition) is 4. The molecule has 9 heteroatoms. The highest BCUT2D eigenvalue weighted by molar-refractivity contribution is 5.86. The highest BCUT2D eigenvalue weighted by Gasteiger charge is 2.10. The summed E-state index contributed by atoms with van der Waals surface area (Å²) in [5.41, 5.74) is 0.540. The van der Waals surface area contributed by atoms with Crippen molar-refractivity contribution < 1.29 is 22.7 Å². The maximum atomic E-state index is 12.4. The van der Waals surface area contributed by atoms with Crippen molar-refractivity contribution >= 4 is 11.9 Å². The molecule has 0 radical (unpaired) electrons. The number of amides is 1. The molecule has 26 heavy (non-hydrogen) atoms. The molecule has 2 rings (SSSR count). The summed E-state index contributed by atoms with van der Waals surface area (Å²) in [5.74, 6) is 0.842. The van der Waals surface area contributed by atoms with Crippen LogP contribution in [0.4, 0.5) is 8.78 Å². The third-order valence-electron chi connectivity index (χ3n) is 3.31. The smallest absolute Gasteiger partial charge is 0.387 e. The summed E-state index contributed by atoms with van der Waals surface area (Å²) in [7, 11) is 1.54. The second-order valence-electron chi connectivity index (χ2n) is 5.12. The molecule has 7 nitrogen and oxygen atoms in total. The molecule has 1 aromatic heterocycles. The van der Waals surface area contributed by atoms with Crippen molar-refractivity contribution in [1.82, 2.24) is 16.0 Å². The zero-order valence-electron chi connectivity index (χ0n) is 14.2. The average Bonchev–Trinajstić information content (AvgIpc) is 3.14. The lowest BCUT2D eigenvalue weighted by Crippen LogP contribution is -2.42. The fourth-order valence-corrected chi connectivity index (χ4v) is 2.09. The normalized spacial score (nSPS) is 11.3. The van der Waals surface area contributed by atoms with Crippen LogP contribution in [0.15, 0.2) is 52.1 Å². The molecule has 2 aromatic rings. The zero-order valence-corrected chi connectivity index (χ0v) is 14.2. The topological polar surface area (TPSA) is 87.9 Å². The van der Waals surface area contributed by atoms with Crippen molar-refractivity contribution in [2.24, 2.45) is 4.99 Å². The molecule has 1 heterocycles. The molecule has 0 aliphatic rings. The number of furan rings is 1. The lowest BCUT2D eigenvalue weighted by atomic mass is 10.2. The van der Waals surface area contributed by atoms with E-state index in [-0.39, 0.29) is 31.3 Å². The number of alkyl halides is 2. The van der Waals surface area contributed by atoms with Gasteiger partial charge in [-0.3, -0.25) is 9.79 Å². The minimum atomic E-state index is -2.90. The van der Waals surface area contributed by atoms with E-state index in [0.717, 1.165) is 0 Å². The number of aliphatic imine (C=N–C) groups is 1. The number of hydrogen-bond donors (Lipinski definition) is 3. The number of carbonyl (C=O) groups is 1. The van der Waals surface area contributed by atoms with Gasteiger partial charge in [-0.25, -0.2) is 0 Å². The van der Waals surface area contributed by atoms with E-state index < -0.39 is 6.61 Å². The van der Waals surface area contributed by atoms with Gasteiger partial charge in [0.2, 0.25) is 5.91 Å². The van der Waals surface area contributed by atoms with Gasteiger partial charge in [0.15, 0.2) is 5.96 Å². The van der Waals surface area contributed by atoms with E-state index in [9.17, 15) is 13.6 Å². The van der Waals surface area contributed by atoms with E-state index >= 15 is 0 Å². The molecule has 0 saturated heterocycles. The molecule has 0 unspecified atom stereocenters. The maximum Gasteiger partial charge on any atom is 0.387 e. The van der Waals surface area contributed by atoms with Crippen LogP contribution in [0.2, 0.25) is 0 Å². The van der Waals surface area contributed by atoms with Crippen LogP contribution in [0.1, 0.15) is 11.3 Å². The zero-order chi connectivity index (χ0) is 18.8. The van der Waals surface area contributed by atoms with Crippen LogP contribution in [0.3, 0.4) is 0 Å². The van der Waals surface area contributed by atoms with Crippen molar-refractivity contribution in [3.05, 3.63) is 54.0 Å². The van der Waals surface area contributed by atoms with Crippen LogP contribution in [-0.4, -0.2) is 32.1 Å². The number of rotatable bonds is 8. The van der Waals surface area contributed by atoms with Gasteiger partial charge in [-0.1, -0.05) is 18.2 Å². The van der Waals surface area contributed by atoms with E-state index in [2.05, 4.69) is 25.7 Å². The number of guanidine groups is 1. The van der Waals surface area contributed by atoms with Crippen molar-refractivity contribution in [2.75, 3.05) is 13.6 Å². The van der Waals surface area contributed by atoms with Crippen LogP contribution in [0.5, 0.6) is 5.75 Å². The Hall–Kier alpha value is -3.10. The molecule has 0 aliphatic carbocycles. The molecule has 0 atom stereocenters. The fourth-order valence-electron chi connectivity index (χ4n) is 2.09. The van der Waals surface area contributed by atoms with Crippen molar-refractivity contribution in [3.8, 4) is 5.75 Å². The first-order valence-electron chi connectivity index (χ1n) is 7.85. The standard InChI is InChI=1S/C17H20F2N4O3/c1-20-17(23-11-15(24)21-10-13-6-4-8-25-13)22-9-12-5-2-3-7-14(12)26-16(18)19/h2-8,16H,9-11H2,1H3,(H,21,24)(H2,20,22,23). The Kier molecular flexibility index (Phi) is 7.41. The number of nitrogens with zero attached hydrogens (tertiary/aromatic N) is 1. The van der Waals surface area contributed by atoms with Gasteiger partial charge in [-0.05, 0) is 18.2 Å². The van der Waals surface area contributed by atoms with Gasteiger partial charge in [0.25, 0.3) is 0 Å². The molecule has 3 N–H and O–H groups in total. The summed E-state index contributed by atoms with van der Waals surface area (Å²) in [6, 6.07) is 9.94. The van der Waals surface area contributed by atoms with E-state index in [4.69, 9.17) is 4.42 Å². The van der Waals surface area contributed by atoms with Crippen LogP contribution in [0, 0.1) is 0 Å². The number of nitrogens with one attached hydrogen (secondary N) is 3. The summed E-state index contributed by atoms with van der Waals surface area (Å²) in [6.07, 6.45) is 1.53. The van der Waals surface area contributed by atoms with Gasteiger partial charge >= 0.3 is 6.61 Å². The summed E-state index contributed by atoms with van der Waals surface area (Å²) in [6.45, 7) is -2.41. The van der Waals surface area contributed by atoms with Gasteiger partial charge in [-0.15, -0.1) is 0 Å². The van der Waals surface area contributed by atoms with Crippen LogP contribution < -0.4 is 20.7 Å². The van der Waals surface area contributed by atoms with Gasteiger partial charge in [0.1, 0.15) is 11.5 Å². The SMILES string of the molecule is CN=C(NCC(=O)NCc1ccco1)NCc1ccccc1OC(F)F. The second kappa shape index (κ2) is 10.0. The Morgan fingerprint density at radius 2 is 1.96 bits per heavy atom. The quantitative estimate of drug-likeness (QED) is 0.490. The summed E-state index contributed by atoms with van der Waals surface area (Å²) in [4.78, 5) is 15.8. The summed E-state index contributed by atoms with van der Waals surface area (Å²) >= 11 is 0. The minimum Gasteiger partial charge on any atom is -0.467 e. The molecular weight excluding hydrogens is 346 g/mol. The summed E-state index contributed by atoms with van der Waals surface area (Å²) < 4.78 is 34.4. The van der Waals surface area contributed by atoms with Gasteiger partial charge in [0.05, 0.1) is 19.4 Å². The van der Waals surface area contributed by atoms with Crippen molar-refractivity contribution in [1.29, 1.82) is 0 Å². The maximum absolute atomic E-state index is 12.4. The second-order valence-corrected chi connectivity index (χ2v) is 5.12. The van der Waals surface area contributed by atoms with Gasteiger partial charge < -0.3 is 25.1 Å². The highest BCUT2D eigenvalue weighted by Crippen LogP contribution is 2.19. The molecule has 0 saturated carbocycles. The number of para-hydroxylation sites is 1. The first-order chi connectivity index (χ1) is 12.6. The lowest BCUT2D eigenvalue weighted by molar-refractivity contribution is -0.120. The first kappa shape index (κ1) is 19.2. The molecular formula is C17H20F2N4O3. The predicted molar refractivity (Wildman–Crippen MR) is 91.8 cm³/mol. The molecule has 0 bridgehead atoms. The molecule has 0 fully saturated rings. The number of ether oxygens (including phenoxy) is 1. The van der Waals surface area contributed by atoms with Crippen LogP contribution in [0.25, 0.3) is 0 Å². The number of benzene rings is 1. The largest absolute Gasteiger partial charge is 0.467 e. The summed E-state index contributed by atoms with van der Waals surface area (Å²) in [5, 5.41) is 8.46. The lowest BCUT2D eigenvalue weighted by Gasteiger charge is -2.14. The number of carbonyl (C=O) groups excluding carboxylic acids is 1. The Bertz CT molecular complexity index is 721. The Balaban J connectivity index is 1.78. The molecule has 0 spiro atoms.